The molecule has 0 saturated heterocycles. The van der Waals surface area contributed by atoms with Crippen LogP contribution in [0.2, 0.25) is 0 Å². The highest BCUT2D eigenvalue weighted by atomic mass is 16.3. The van der Waals surface area contributed by atoms with E-state index in [4.69, 9.17) is 15.3 Å². The summed E-state index contributed by atoms with van der Waals surface area (Å²) in [5.41, 5.74) is 0. The SMILES string of the molecule is C[C@H](CO)[C@@H](O)CO. The van der Waals surface area contributed by atoms with Gasteiger partial charge in [-0.15, -0.1) is 0 Å². The van der Waals surface area contributed by atoms with Crippen LogP contribution in [0.3, 0.4) is 0 Å². The van der Waals surface area contributed by atoms with Crippen molar-refractivity contribution in [3.63, 3.8) is 0 Å². The Labute approximate surface area is 48.6 Å². The molecule has 0 aromatic carbocycles. The summed E-state index contributed by atoms with van der Waals surface area (Å²) in [6.07, 6.45) is -0.778. The monoisotopic (exact) mass is 120 g/mol. The zero-order valence-electron chi connectivity index (χ0n) is 4.91. The quantitative estimate of drug-likeness (QED) is 0.446. The lowest BCUT2D eigenvalue weighted by atomic mass is 10.1. The zero-order valence-corrected chi connectivity index (χ0v) is 4.91. The van der Waals surface area contributed by atoms with E-state index >= 15 is 0 Å². The first-order valence-electron chi connectivity index (χ1n) is 2.62. The molecule has 3 N–H and O–H groups in total. The molecule has 0 aliphatic carbocycles. The van der Waals surface area contributed by atoms with Crippen LogP contribution in [0, 0.1) is 5.92 Å². The molecule has 2 atom stereocenters. The van der Waals surface area contributed by atoms with E-state index in [2.05, 4.69) is 0 Å². The second kappa shape index (κ2) is 3.83. The molecule has 0 saturated carbocycles. The van der Waals surface area contributed by atoms with Crippen molar-refractivity contribution in [3.05, 3.63) is 0 Å². The number of aliphatic hydroxyl groups excluding tert-OH is 3. The number of rotatable bonds is 3. The summed E-state index contributed by atoms with van der Waals surface area (Å²) in [7, 11) is 0. The van der Waals surface area contributed by atoms with Crippen molar-refractivity contribution in [2.45, 2.75) is 13.0 Å². The predicted octanol–water partition coefficient (Wildman–Crippen LogP) is -1.03. The molecule has 3 heteroatoms. The standard InChI is InChI=1S/C5H12O3/c1-4(2-6)5(8)3-7/h4-8H,2-3H2,1H3/t4-,5+/m1/s1. The molecule has 0 rings (SSSR count). The maximum absolute atomic E-state index is 8.72. The largest absolute Gasteiger partial charge is 0.396 e. The van der Waals surface area contributed by atoms with Crippen LogP contribution in [-0.4, -0.2) is 34.6 Å². The molecule has 0 aromatic heterocycles. The number of hydrogen-bond acceptors (Lipinski definition) is 3. The Hall–Kier alpha value is -0.120. The van der Waals surface area contributed by atoms with Crippen LogP contribution in [0.1, 0.15) is 6.92 Å². The van der Waals surface area contributed by atoms with Gasteiger partial charge >= 0.3 is 0 Å². The molecule has 3 nitrogen and oxygen atoms in total. The first-order chi connectivity index (χ1) is 3.72. The molecule has 50 valence electrons. The minimum absolute atomic E-state index is 0.0816. The lowest BCUT2D eigenvalue weighted by molar-refractivity contribution is 0.0302. The molecule has 0 aliphatic rings. The Morgan fingerprint density at radius 3 is 1.88 bits per heavy atom. The van der Waals surface area contributed by atoms with E-state index in [1.807, 2.05) is 0 Å². The average molecular weight is 120 g/mol. The normalized spacial score (nSPS) is 18.0. The van der Waals surface area contributed by atoms with Crippen LogP contribution in [0.15, 0.2) is 0 Å². The highest BCUT2D eigenvalue weighted by Crippen LogP contribution is 1.98. The van der Waals surface area contributed by atoms with E-state index in [-0.39, 0.29) is 19.1 Å². The Bertz CT molecular complexity index is 47.6. The minimum Gasteiger partial charge on any atom is -0.396 e. The summed E-state index contributed by atoms with van der Waals surface area (Å²) in [4.78, 5) is 0. The first kappa shape index (κ1) is 7.88. The molecule has 0 aliphatic heterocycles. The van der Waals surface area contributed by atoms with Gasteiger partial charge in [-0.2, -0.15) is 0 Å². The van der Waals surface area contributed by atoms with Crippen molar-refractivity contribution in [2.24, 2.45) is 5.92 Å². The van der Waals surface area contributed by atoms with Crippen molar-refractivity contribution in [3.8, 4) is 0 Å². The summed E-state index contributed by atoms with van der Waals surface area (Å²) in [6.45, 7) is 1.31. The molecular formula is C5H12O3. The van der Waals surface area contributed by atoms with Crippen LogP contribution >= 0.6 is 0 Å². The van der Waals surface area contributed by atoms with Crippen molar-refractivity contribution in [1.29, 1.82) is 0 Å². The van der Waals surface area contributed by atoms with Gasteiger partial charge in [0.1, 0.15) is 0 Å². The van der Waals surface area contributed by atoms with Crippen molar-refractivity contribution >= 4 is 0 Å². The zero-order chi connectivity index (χ0) is 6.57. The van der Waals surface area contributed by atoms with Crippen LogP contribution in [-0.2, 0) is 0 Å². The third-order valence-corrected chi connectivity index (χ3v) is 1.13. The Kier molecular flexibility index (Phi) is 3.77. The van der Waals surface area contributed by atoms with Gasteiger partial charge in [-0.05, 0) is 0 Å². The van der Waals surface area contributed by atoms with Gasteiger partial charge in [-0.3, -0.25) is 0 Å². The fourth-order valence-electron chi connectivity index (χ4n) is 0.302. The van der Waals surface area contributed by atoms with Gasteiger partial charge in [0.15, 0.2) is 0 Å². The van der Waals surface area contributed by atoms with Crippen molar-refractivity contribution in [1.82, 2.24) is 0 Å². The fraction of sp³-hybridized carbons (Fsp3) is 1.00. The van der Waals surface area contributed by atoms with Gasteiger partial charge in [0.05, 0.1) is 12.7 Å². The summed E-state index contributed by atoms with van der Waals surface area (Å²) in [5, 5.41) is 25.4. The summed E-state index contributed by atoms with van der Waals surface area (Å²) in [5.74, 6) is -0.222. The summed E-state index contributed by atoms with van der Waals surface area (Å²) >= 11 is 0. The summed E-state index contributed by atoms with van der Waals surface area (Å²) < 4.78 is 0. The molecule has 0 radical (unpaired) electrons. The van der Waals surface area contributed by atoms with Gasteiger partial charge < -0.3 is 15.3 Å². The van der Waals surface area contributed by atoms with Crippen LogP contribution in [0.5, 0.6) is 0 Å². The third kappa shape index (κ3) is 2.26. The Morgan fingerprint density at radius 1 is 1.25 bits per heavy atom. The molecule has 0 bridgehead atoms. The minimum atomic E-state index is -0.778. The van der Waals surface area contributed by atoms with E-state index in [0.29, 0.717) is 0 Å². The molecule has 0 spiro atoms. The molecule has 0 unspecified atom stereocenters. The predicted molar refractivity (Wildman–Crippen MR) is 29.3 cm³/mol. The van der Waals surface area contributed by atoms with Crippen LogP contribution < -0.4 is 0 Å². The fourth-order valence-corrected chi connectivity index (χ4v) is 0.302. The van der Waals surface area contributed by atoms with E-state index in [1.165, 1.54) is 0 Å². The lowest BCUT2D eigenvalue weighted by Gasteiger charge is -2.11. The van der Waals surface area contributed by atoms with Crippen LogP contribution in [0.4, 0.5) is 0 Å². The lowest BCUT2D eigenvalue weighted by Crippen LogP contribution is -2.24. The van der Waals surface area contributed by atoms with Gasteiger partial charge in [0.2, 0.25) is 0 Å². The molecule has 0 aromatic rings. The smallest absolute Gasteiger partial charge is 0.0818 e. The third-order valence-electron chi connectivity index (χ3n) is 1.13. The Balaban J connectivity index is 3.29. The van der Waals surface area contributed by atoms with Gasteiger partial charge in [0, 0.05) is 12.5 Å². The van der Waals surface area contributed by atoms with Crippen molar-refractivity contribution in [2.75, 3.05) is 13.2 Å². The number of aliphatic hydroxyl groups is 3. The molecular weight excluding hydrogens is 108 g/mol. The van der Waals surface area contributed by atoms with Crippen LogP contribution in [0.25, 0.3) is 0 Å². The summed E-state index contributed by atoms with van der Waals surface area (Å²) in [6, 6.07) is 0. The number of hydrogen-bond donors (Lipinski definition) is 3. The van der Waals surface area contributed by atoms with E-state index in [9.17, 15) is 0 Å². The van der Waals surface area contributed by atoms with Crippen molar-refractivity contribution < 1.29 is 15.3 Å². The second-order valence-electron chi connectivity index (χ2n) is 1.91. The Morgan fingerprint density at radius 2 is 1.75 bits per heavy atom. The molecule has 0 fully saturated rings. The van der Waals surface area contributed by atoms with Gasteiger partial charge in [0.25, 0.3) is 0 Å². The average Bonchev–Trinajstić information content (AvgIpc) is 1.84. The van der Waals surface area contributed by atoms with Gasteiger partial charge in [-0.1, -0.05) is 6.92 Å². The molecule has 0 amide bonds. The maximum atomic E-state index is 8.72. The second-order valence-corrected chi connectivity index (χ2v) is 1.91. The van der Waals surface area contributed by atoms with E-state index in [1.54, 1.807) is 6.92 Å². The highest BCUT2D eigenvalue weighted by Gasteiger charge is 2.10. The molecule has 8 heavy (non-hydrogen) atoms. The van der Waals surface area contributed by atoms with Gasteiger partial charge in [-0.25, -0.2) is 0 Å². The topological polar surface area (TPSA) is 60.7 Å². The molecule has 0 heterocycles. The van der Waals surface area contributed by atoms with E-state index < -0.39 is 6.10 Å². The van der Waals surface area contributed by atoms with E-state index in [0.717, 1.165) is 0 Å². The maximum Gasteiger partial charge on any atom is 0.0818 e. The first-order valence-corrected chi connectivity index (χ1v) is 2.62. The highest BCUT2D eigenvalue weighted by molar-refractivity contribution is 4.59.